The first kappa shape index (κ1) is 19.2. The van der Waals surface area contributed by atoms with Gasteiger partial charge in [-0.15, -0.1) is 0 Å². The Morgan fingerprint density at radius 2 is 1.64 bits per heavy atom. The molecule has 0 bridgehead atoms. The van der Waals surface area contributed by atoms with Gasteiger partial charge in [0.05, 0.1) is 0 Å². The molecule has 0 unspecified atom stereocenters. The van der Waals surface area contributed by atoms with Crippen LogP contribution in [-0.4, -0.2) is 43.0 Å². The van der Waals surface area contributed by atoms with Gasteiger partial charge in [-0.2, -0.15) is 0 Å². The second-order valence-corrected chi connectivity index (χ2v) is 8.05. The van der Waals surface area contributed by atoms with Gasteiger partial charge in [0.15, 0.2) is 0 Å². The Hall–Kier alpha value is -2.17. The molecular formula is C24H31N3O. The second-order valence-electron chi connectivity index (χ2n) is 8.05. The zero-order chi connectivity index (χ0) is 19.2. The van der Waals surface area contributed by atoms with Gasteiger partial charge in [0.25, 0.3) is 0 Å². The van der Waals surface area contributed by atoms with E-state index in [4.69, 9.17) is 0 Å². The number of benzene rings is 2. The maximum atomic E-state index is 11.9. The Morgan fingerprint density at radius 3 is 2.32 bits per heavy atom. The van der Waals surface area contributed by atoms with Crippen LogP contribution in [0.25, 0.3) is 0 Å². The molecule has 2 aliphatic heterocycles. The lowest BCUT2D eigenvalue weighted by molar-refractivity contribution is -0.117. The molecule has 2 heterocycles. The normalized spacial score (nSPS) is 18.7. The SMILES string of the molecule is O=C1CCCN1c1ccc(CNC2CCN(CCc3ccccc3)CC2)cc1. The zero-order valence-electron chi connectivity index (χ0n) is 16.6. The lowest BCUT2D eigenvalue weighted by Gasteiger charge is -2.32. The molecule has 2 aromatic carbocycles. The van der Waals surface area contributed by atoms with E-state index in [1.807, 2.05) is 4.90 Å². The molecule has 148 valence electrons. The van der Waals surface area contributed by atoms with Gasteiger partial charge in [0, 0.05) is 37.8 Å². The van der Waals surface area contributed by atoms with E-state index in [2.05, 4.69) is 64.8 Å². The molecule has 0 atom stereocenters. The van der Waals surface area contributed by atoms with Gasteiger partial charge in [-0.3, -0.25) is 4.79 Å². The molecule has 28 heavy (non-hydrogen) atoms. The second kappa shape index (κ2) is 9.35. The molecule has 4 heteroatoms. The summed E-state index contributed by atoms with van der Waals surface area (Å²) in [5.74, 6) is 0.255. The summed E-state index contributed by atoms with van der Waals surface area (Å²) in [5.41, 5.74) is 3.77. The van der Waals surface area contributed by atoms with Crippen molar-refractivity contribution in [2.75, 3.05) is 31.1 Å². The minimum atomic E-state index is 0.255. The number of hydrogen-bond donors (Lipinski definition) is 1. The Bertz CT molecular complexity index is 751. The van der Waals surface area contributed by atoms with E-state index in [9.17, 15) is 4.79 Å². The van der Waals surface area contributed by atoms with E-state index < -0.39 is 0 Å². The molecule has 0 aliphatic carbocycles. The smallest absolute Gasteiger partial charge is 0.227 e. The van der Waals surface area contributed by atoms with E-state index in [0.29, 0.717) is 12.5 Å². The number of likely N-dealkylation sites (tertiary alicyclic amines) is 1. The average molecular weight is 378 g/mol. The van der Waals surface area contributed by atoms with Gasteiger partial charge in [-0.1, -0.05) is 42.5 Å². The van der Waals surface area contributed by atoms with Gasteiger partial charge in [-0.25, -0.2) is 0 Å². The molecule has 2 aliphatic rings. The molecule has 2 saturated heterocycles. The number of anilines is 1. The summed E-state index contributed by atoms with van der Waals surface area (Å²) in [6, 6.07) is 19.9. The molecule has 1 amide bonds. The third kappa shape index (κ3) is 5.00. The molecule has 0 spiro atoms. The van der Waals surface area contributed by atoms with Crippen LogP contribution in [0.2, 0.25) is 0 Å². The summed E-state index contributed by atoms with van der Waals surface area (Å²) >= 11 is 0. The fraction of sp³-hybridized carbons (Fsp3) is 0.458. The minimum Gasteiger partial charge on any atom is -0.312 e. The van der Waals surface area contributed by atoms with Gasteiger partial charge >= 0.3 is 0 Å². The molecule has 1 N–H and O–H groups in total. The summed E-state index contributed by atoms with van der Waals surface area (Å²) in [4.78, 5) is 16.4. The number of carbonyl (C=O) groups excluding carboxylic acids is 1. The van der Waals surface area contributed by atoms with Crippen LogP contribution in [0.15, 0.2) is 54.6 Å². The maximum absolute atomic E-state index is 11.9. The predicted molar refractivity (Wildman–Crippen MR) is 114 cm³/mol. The van der Waals surface area contributed by atoms with Crippen LogP contribution >= 0.6 is 0 Å². The summed E-state index contributed by atoms with van der Waals surface area (Å²) in [6.45, 7) is 5.29. The van der Waals surface area contributed by atoms with Crippen LogP contribution in [-0.2, 0) is 17.8 Å². The number of nitrogens with zero attached hydrogens (tertiary/aromatic N) is 2. The van der Waals surface area contributed by atoms with Crippen LogP contribution in [0, 0.1) is 0 Å². The van der Waals surface area contributed by atoms with Crippen LogP contribution in [0.5, 0.6) is 0 Å². The summed E-state index contributed by atoms with van der Waals surface area (Å²) < 4.78 is 0. The monoisotopic (exact) mass is 377 g/mol. The lowest BCUT2D eigenvalue weighted by Crippen LogP contribution is -2.42. The van der Waals surface area contributed by atoms with Crippen LogP contribution in [0.4, 0.5) is 5.69 Å². The quantitative estimate of drug-likeness (QED) is 0.801. The predicted octanol–water partition coefficient (Wildman–Crippen LogP) is 3.61. The van der Waals surface area contributed by atoms with Crippen molar-refractivity contribution in [1.29, 1.82) is 0 Å². The van der Waals surface area contributed by atoms with Crippen molar-refractivity contribution in [3.05, 3.63) is 65.7 Å². The summed E-state index contributed by atoms with van der Waals surface area (Å²) in [7, 11) is 0. The van der Waals surface area contributed by atoms with Crippen LogP contribution < -0.4 is 10.2 Å². The van der Waals surface area contributed by atoms with Crippen molar-refractivity contribution in [2.45, 2.75) is 44.7 Å². The van der Waals surface area contributed by atoms with Crippen molar-refractivity contribution >= 4 is 11.6 Å². The first-order valence-corrected chi connectivity index (χ1v) is 10.7. The van der Waals surface area contributed by atoms with Crippen molar-refractivity contribution in [3.8, 4) is 0 Å². The highest BCUT2D eigenvalue weighted by molar-refractivity contribution is 5.95. The minimum absolute atomic E-state index is 0.255. The standard InChI is InChI=1S/C24H31N3O/c28-24-7-4-15-27(24)23-10-8-21(9-11-23)19-25-22-13-17-26(18-14-22)16-12-20-5-2-1-3-6-20/h1-3,5-6,8-11,22,25H,4,7,12-19H2. The highest BCUT2D eigenvalue weighted by Gasteiger charge is 2.21. The molecule has 0 radical (unpaired) electrons. The van der Waals surface area contributed by atoms with Gasteiger partial charge in [0.1, 0.15) is 0 Å². The van der Waals surface area contributed by atoms with Crippen LogP contribution in [0.1, 0.15) is 36.8 Å². The number of amides is 1. The number of carbonyl (C=O) groups is 1. The average Bonchev–Trinajstić information content (AvgIpc) is 3.18. The number of rotatable bonds is 7. The van der Waals surface area contributed by atoms with E-state index in [1.54, 1.807) is 0 Å². The van der Waals surface area contributed by atoms with Gasteiger partial charge in [-0.05, 0) is 62.0 Å². The van der Waals surface area contributed by atoms with E-state index in [0.717, 1.165) is 38.2 Å². The largest absolute Gasteiger partial charge is 0.312 e. The highest BCUT2D eigenvalue weighted by atomic mass is 16.2. The van der Waals surface area contributed by atoms with Crippen molar-refractivity contribution in [3.63, 3.8) is 0 Å². The van der Waals surface area contributed by atoms with E-state index >= 15 is 0 Å². The molecule has 2 fully saturated rings. The fourth-order valence-electron chi connectivity index (χ4n) is 4.27. The Balaban J connectivity index is 1.17. The number of hydrogen-bond acceptors (Lipinski definition) is 3. The Labute approximate surface area is 168 Å². The number of nitrogens with one attached hydrogen (secondary N) is 1. The van der Waals surface area contributed by atoms with Crippen molar-refractivity contribution < 1.29 is 4.79 Å². The maximum Gasteiger partial charge on any atom is 0.227 e. The zero-order valence-corrected chi connectivity index (χ0v) is 16.6. The van der Waals surface area contributed by atoms with Crippen molar-refractivity contribution in [2.24, 2.45) is 0 Å². The third-order valence-electron chi connectivity index (χ3n) is 6.06. The number of piperidine rings is 1. The molecule has 4 nitrogen and oxygen atoms in total. The highest BCUT2D eigenvalue weighted by Crippen LogP contribution is 2.21. The molecule has 0 saturated carbocycles. The van der Waals surface area contributed by atoms with E-state index in [-0.39, 0.29) is 5.91 Å². The first-order chi connectivity index (χ1) is 13.8. The summed E-state index contributed by atoms with van der Waals surface area (Å²) in [5, 5.41) is 3.72. The van der Waals surface area contributed by atoms with Gasteiger partial charge < -0.3 is 15.1 Å². The third-order valence-corrected chi connectivity index (χ3v) is 6.06. The van der Waals surface area contributed by atoms with Crippen LogP contribution in [0.3, 0.4) is 0 Å². The summed E-state index contributed by atoms with van der Waals surface area (Å²) in [6.07, 6.45) is 5.24. The molecule has 0 aromatic heterocycles. The Kier molecular flexibility index (Phi) is 6.40. The fourth-order valence-corrected chi connectivity index (χ4v) is 4.27. The topological polar surface area (TPSA) is 35.6 Å². The first-order valence-electron chi connectivity index (χ1n) is 10.7. The molecular weight excluding hydrogens is 346 g/mol. The van der Waals surface area contributed by atoms with Gasteiger partial charge in [0.2, 0.25) is 5.91 Å². The molecule has 2 aromatic rings. The molecule has 4 rings (SSSR count). The Morgan fingerprint density at radius 1 is 0.893 bits per heavy atom. The lowest BCUT2D eigenvalue weighted by atomic mass is 10.0. The van der Waals surface area contributed by atoms with E-state index in [1.165, 1.54) is 37.1 Å². The van der Waals surface area contributed by atoms with Crippen molar-refractivity contribution in [1.82, 2.24) is 10.2 Å².